The largest absolute Gasteiger partial charge is 0.354 e. The second-order valence-electron chi connectivity index (χ2n) is 5.00. The molecule has 1 heterocycles. The van der Waals surface area contributed by atoms with E-state index in [2.05, 4.69) is 30.7 Å². The summed E-state index contributed by atoms with van der Waals surface area (Å²) >= 11 is 0. The molecule has 1 aromatic heterocycles. The summed E-state index contributed by atoms with van der Waals surface area (Å²) in [4.78, 5) is 18.2. The van der Waals surface area contributed by atoms with Crippen LogP contribution < -0.4 is 4.90 Å². The first-order valence-corrected chi connectivity index (χ1v) is 6.79. The first kappa shape index (κ1) is 13.5. The van der Waals surface area contributed by atoms with Crippen molar-refractivity contribution in [3.8, 4) is 0 Å². The van der Waals surface area contributed by atoms with Crippen molar-refractivity contribution in [2.75, 3.05) is 11.4 Å². The number of carbonyl (C=O) groups excluding carboxylic acids is 1. The van der Waals surface area contributed by atoms with Gasteiger partial charge in [0, 0.05) is 18.0 Å². The summed E-state index contributed by atoms with van der Waals surface area (Å²) in [7, 11) is 0. The third-order valence-corrected chi connectivity index (χ3v) is 3.22. The molecule has 0 saturated heterocycles. The summed E-state index contributed by atoms with van der Waals surface area (Å²) in [6.45, 7) is 7.29. The van der Waals surface area contributed by atoms with Crippen LogP contribution in [0.25, 0.3) is 10.9 Å². The van der Waals surface area contributed by atoms with E-state index in [9.17, 15) is 4.79 Å². The van der Waals surface area contributed by atoms with Gasteiger partial charge in [-0.15, -0.1) is 0 Å². The summed E-state index contributed by atoms with van der Waals surface area (Å²) in [6.07, 6.45) is 1.94. The Balaban J connectivity index is 2.59. The maximum absolute atomic E-state index is 11.3. The molecule has 100 valence electrons. The number of para-hydroxylation sites is 1. The van der Waals surface area contributed by atoms with Crippen molar-refractivity contribution < 1.29 is 4.79 Å². The van der Waals surface area contributed by atoms with Gasteiger partial charge in [0.25, 0.3) is 0 Å². The van der Waals surface area contributed by atoms with Gasteiger partial charge < -0.3 is 4.90 Å². The van der Waals surface area contributed by atoms with E-state index in [1.54, 1.807) is 0 Å². The van der Waals surface area contributed by atoms with Crippen LogP contribution >= 0.6 is 0 Å². The number of aromatic nitrogens is 1. The van der Waals surface area contributed by atoms with E-state index in [-0.39, 0.29) is 0 Å². The SMILES string of the molecule is CCCN(c1nc2ccccc2cc1C=O)C(C)C. The maximum atomic E-state index is 11.3. The molecular weight excluding hydrogens is 236 g/mol. The van der Waals surface area contributed by atoms with Gasteiger partial charge >= 0.3 is 0 Å². The lowest BCUT2D eigenvalue weighted by Gasteiger charge is -2.28. The molecular formula is C16H20N2O. The molecule has 2 rings (SSSR count). The molecule has 3 heteroatoms. The Labute approximate surface area is 114 Å². The van der Waals surface area contributed by atoms with Gasteiger partial charge in [0.1, 0.15) is 5.82 Å². The summed E-state index contributed by atoms with van der Waals surface area (Å²) < 4.78 is 0. The lowest BCUT2D eigenvalue weighted by Crippen LogP contribution is -2.33. The van der Waals surface area contributed by atoms with Crippen molar-refractivity contribution in [1.82, 2.24) is 4.98 Å². The van der Waals surface area contributed by atoms with Gasteiger partial charge in [-0.1, -0.05) is 25.1 Å². The number of pyridine rings is 1. The predicted octanol–water partition coefficient (Wildman–Crippen LogP) is 3.67. The quantitative estimate of drug-likeness (QED) is 0.765. The van der Waals surface area contributed by atoms with E-state index in [0.717, 1.165) is 36.0 Å². The zero-order valence-corrected chi connectivity index (χ0v) is 11.8. The van der Waals surface area contributed by atoms with Gasteiger partial charge in [-0.3, -0.25) is 4.79 Å². The molecule has 1 aromatic carbocycles. The Kier molecular flexibility index (Phi) is 4.15. The first-order valence-electron chi connectivity index (χ1n) is 6.79. The minimum Gasteiger partial charge on any atom is -0.354 e. The van der Waals surface area contributed by atoms with Crippen molar-refractivity contribution in [2.24, 2.45) is 0 Å². The van der Waals surface area contributed by atoms with Crippen molar-refractivity contribution in [3.05, 3.63) is 35.9 Å². The highest BCUT2D eigenvalue weighted by Crippen LogP contribution is 2.24. The van der Waals surface area contributed by atoms with Gasteiger partial charge in [0.2, 0.25) is 0 Å². The number of fused-ring (bicyclic) bond motifs is 1. The Bertz CT molecular complexity index is 578. The molecule has 0 aliphatic heterocycles. The molecule has 0 aliphatic carbocycles. The third kappa shape index (κ3) is 2.75. The normalized spacial score (nSPS) is 10.9. The summed E-state index contributed by atoms with van der Waals surface area (Å²) in [5.74, 6) is 0.797. The topological polar surface area (TPSA) is 33.2 Å². The van der Waals surface area contributed by atoms with Gasteiger partial charge in [0.05, 0.1) is 11.1 Å². The third-order valence-electron chi connectivity index (χ3n) is 3.22. The van der Waals surface area contributed by atoms with Crippen molar-refractivity contribution in [1.29, 1.82) is 0 Å². The number of anilines is 1. The smallest absolute Gasteiger partial charge is 0.153 e. The number of hydrogen-bond donors (Lipinski definition) is 0. The van der Waals surface area contributed by atoms with Crippen LogP contribution in [0.4, 0.5) is 5.82 Å². The fourth-order valence-electron chi connectivity index (χ4n) is 2.29. The number of nitrogens with zero attached hydrogens (tertiary/aromatic N) is 2. The molecule has 0 radical (unpaired) electrons. The van der Waals surface area contributed by atoms with Crippen LogP contribution in [-0.2, 0) is 0 Å². The monoisotopic (exact) mass is 256 g/mol. The molecule has 19 heavy (non-hydrogen) atoms. The lowest BCUT2D eigenvalue weighted by atomic mass is 10.1. The second-order valence-corrected chi connectivity index (χ2v) is 5.00. The Morgan fingerprint density at radius 3 is 2.68 bits per heavy atom. The molecule has 0 aliphatic rings. The molecule has 0 N–H and O–H groups in total. The van der Waals surface area contributed by atoms with E-state index >= 15 is 0 Å². The van der Waals surface area contributed by atoms with Crippen molar-refractivity contribution in [3.63, 3.8) is 0 Å². The summed E-state index contributed by atoms with van der Waals surface area (Å²) in [5, 5.41) is 1.01. The van der Waals surface area contributed by atoms with Crippen LogP contribution in [0.3, 0.4) is 0 Å². The van der Waals surface area contributed by atoms with Crippen LogP contribution in [0.15, 0.2) is 30.3 Å². The predicted molar refractivity (Wildman–Crippen MR) is 79.9 cm³/mol. The number of hydrogen-bond acceptors (Lipinski definition) is 3. The van der Waals surface area contributed by atoms with Gasteiger partial charge in [-0.2, -0.15) is 0 Å². The van der Waals surface area contributed by atoms with Gasteiger partial charge in [-0.05, 0) is 32.4 Å². The zero-order chi connectivity index (χ0) is 13.8. The molecule has 3 nitrogen and oxygen atoms in total. The van der Waals surface area contributed by atoms with Crippen LogP contribution in [-0.4, -0.2) is 23.9 Å². The van der Waals surface area contributed by atoms with Crippen molar-refractivity contribution in [2.45, 2.75) is 33.2 Å². The number of aldehydes is 1. The average molecular weight is 256 g/mol. The van der Waals surface area contributed by atoms with Crippen LogP contribution in [0, 0.1) is 0 Å². The van der Waals surface area contributed by atoms with E-state index in [0.29, 0.717) is 11.6 Å². The minimum absolute atomic E-state index is 0.326. The Morgan fingerprint density at radius 1 is 1.32 bits per heavy atom. The fraction of sp³-hybridized carbons (Fsp3) is 0.375. The standard InChI is InChI=1S/C16H20N2O/c1-4-9-18(12(2)3)16-14(11-19)10-13-7-5-6-8-15(13)17-16/h5-8,10-12H,4,9H2,1-3H3. The van der Waals surface area contributed by atoms with E-state index in [4.69, 9.17) is 0 Å². The molecule has 0 fully saturated rings. The molecule has 0 saturated carbocycles. The number of carbonyl (C=O) groups is 1. The zero-order valence-electron chi connectivity index (χ0n) is 11.8. The highest BCUT2D eigenvalue weighted by Gasteiger charge is 2.16. The summed E-state index contributed by atoms with van der Waals surface area (Å²) in [5.41, 5.74) is 1.60. The van der Waals surface area contributed by atoms with Crippen molar-refractivity contribution >= 4 is 23.0 Å². The van der Waals surface area contributed by atoms with Crippen LogP contribution in [0.5, 0.6) is 0 Å². The second kappa shape index (κ2) is 5.83. The highest BCUT2D eigenvalue weighted by atomic mass is 16.1. The molecule has 0 atom stereocenters. The van der Waals surface area contributed by atoms with Crippen LogP contribution in [0.1, 0.15) is 37.6 Å². The number of rotatable bonds is 5. The lowest BCUT2D eigenvalue weighted by molar-refractivity contribution is 0.112. The maximum Gasteiger partial charge on any atom is 0.153 e. The highest BCUT2D eigenvalue weighted by molar-refractivity contribution is 5.91. The van der Waals surface area contributed by atoms with E-state index in [1.807, 2.05) is 30.3 Å². The molecule has 0 bridgehead atoms. The molecule has 0 spiro atoms. The van der Waals surface area contributed by atoms with Gasteiger partial charge in [0.15, 0.2) is 6.29 Å². The van der Waals surface area contributed by atoms with E-state index in [1.165, 1.54) is 0 Å². The summed E-state index contributed by atoms with van der Waals surface area (Å²) in [6, 6.07) is 10.2. The Morgan fingerprint density at radius 2 is 2.05 bits per heavy atom. The van der Waals surface area contributed by atoms with E-state index < -0.39 is 0 Å². The van der Waals surface area contributed by atoms with Crippen LogP contribution in [0.2, 0.25) is 0 Å². The Hall–Kier alpha value is -1.90. The molecule has 2 aromatic rings. The average Bonchev–Trinajstić information content (AvgIpc) is 2.43. The first-order chi connectivity index (χ1) is 9.17. The fourth-order valence-corrected chi connectivity index (χ4v) is 2.29. The molecule has 0 amide bonds. The van der Waals surface area contributed by atoms with Gasteiger partial charge in [-0.25, -0.2) is 4.98 Å². The molecule has 0 unspecified atom stereocenters. The number of benzene rings is 1. The minimum atomic E-state index is 0.326.